The number of hydrogen-bond donors (Lipinski definition) is 2. The van der Waals surface area contributed by atoms with Crippen LogP contribution in [0.3, 0.4) is 0 Å². The van der Waals surface area contributed by atoms with Crippen LogP contribution < -0.4 is 4.74 Å². The van der Waals surface area contributed by atoms with Crippen molar-refractivity contribution in [2.24, 2.45) is 0 Å². The fraction of sp³-hybridized carbons (Fsp3) is 0.462. The summed E-state index contributed by atoms with van der Waals surface area (Å²) in [7, 11) is 0. The van der Waals surface area contributed by atoms with Crippen LogP contribution in [0.4, 0.5) is 0 Å². The van der Waals surface area contributed by atoms with Gasteiger partial charge in [0.15, 0.2) is 0 Å². The Bertz CT molecular complexity index is 449. The summed E-state index contributed by atoms with van der Waals surface area (Å²) < 4.78 is 5.29. The van der Waals surface area contributed by atoms with Gasteiger partial charge in [0.1, 0.15) is 5.75 Å². The number of aliphatic hydroxyl groups excluding tert-OH is 1. The summed E-state index contributed by atoms with van der Waals surface area (Å²) in [5.41, 5.74) is 0.487. The molecule has 4 nitrogen and oxygen atoms in total. The maximum absolute atomic E-state index is 10.4. The molecule has 1 atom stereocenters. The van der Waals surface area contributed by atoms with Gasteiger partial charge >= 0.3 is 5.97 Å². The van der Waals surface area contributed by atoms with Crippen molar-refractivity contribution in [1.82, 2.24) is 0 Å². The van der Waals surface area contributed by atoms with Crippen LogP contribution in [0, 0.1) is 0 Å². The zero-order valence-corrected chi connectivity index (χ0v) is 12.0. The lowest BCUT2D eigenvalue weighted by Crippen LogP contribution is -2.02. The van der Waals surface area contributed by atoms with Crippen molar-refractivity contribution in [1.29, 1.82) is 0 Å². The smallest absolute Gasteiger partial charge is 0.303 e. The van der Waals surface area contributed by atoms with Gasteiger partial charge in [-0.25, -0.2) is 0 Å². The van der Waals surface area contributed by atoms with E-state index in [1.165, 1.54) is 0 Å². The minimum absolute atomic E-state index is 0.0133. The Labute approximate surface area is 121 Å². The van der Waals surface area contributed by atoms with Gasteiger partial charge in [0, 0.05) is 18.1 Å². The molecule has 19 heavy (non-hydrogen) atoms. The molecule has 0 radical (unpaired) electrons. The molecule has 1 unspecified atom stereocenters. The van der Waals surface area contributed by atoms with E-state index in [0.29, 0.717) is 40.8 Å². The second-order valence-corrected chi connectivity index (χ2v) is 4.85. The van der Waals surface area contributed by atoms with Crippen LogP contribution in [0.2, 0.25) is 10.0 Å². The second kappa shape index (κ2) is 7.58. The molecular formula is C13H16Cl2O4. The van der Waals surface area contributed by atoms with E-state index in [2.05, 4.69) is 0 Å². The van der Waals surface area contributed by atoms with E-state index in [-0.39, 0.29) is 6.42 Å². The Balaban J connectivity index is 2.77. The van der Waals surface area contributed by atoms with Gasteiger partial charge in [-0.1, -0.05) is 23.2 Å². The quantitative estimate of drug-likeness (QED) is 0.806. The van der Waals surface area contributed by atoms with Gasteiger partial charge < -0.3 is 14.9 Å². The lowest BCUT2D eigenvalue weighted by molar-refractivity contribution is -0.137. The molecule has 0 aliphatic carbocycles. The van der Waals surface area contributed by atoms with Crippen LogP contribution in [-0.4, -0.2) is 22.8 Å². The Morgan fingerprint density at radius 3 is 2.63 bits per heavy atom. The first kappa shape index (κ1) is 16.1. The van der Waals surface area contributed by atoms with Crippen molar-refractivity contribution >= 4 is 29.2 Å². The molecule has 0 fully saturated rings. The van der Waals surface area contributed by atoms with Crippen molar-refractivity contribution in [3.05, 3.63) is 27.7 Å². The van der Waals surface area contributed by atoms with Gasteiger partial charge in [0.2, 0.25) is 0 Å². The van der Waals surface area contributed by atoms with E-state index in [1.54, 1.807) is 12.1 Å². The first-order valence-corrected chi connectivity index (χ1v) is 6.72. The number of hydrogen-bond acceptors (Lipinski definition) is 3. The van der Waals surface area contributed by atoms with E-state index < -0.39 is 12.1 Å². The molecule has 0 amide bonds. The average molecular weight is 307 g/mol. The molecule has 1 aromatic rings. The number of rotatable bonds is 7. The van der Waals surface area contributed by atoms with Gasteiger partial charge in [0.25, 0.3) is 0 Å². The molecule has 0 saturated heterocycles. The number of carbonyl (C=O) groups is 1. The molecule has 6 heteroatoms. The molecule has 1 rings (SSSR count). The summed E-state index contributed by atoms with van der Waals surface area (Å²) in [5.74, 6) is -0.418. The van der Waals surface area contributed by atoms with Gasteiger partial charge in [-0.15, -0.1) is 0 Å². The largest absolute Gasteiger partial charge is 0.492 e. The SMILES string of the molecule is CCOc1cc(Cl)c(C(O)CCCC(=O)O)cc1Cl. The fourth-order valence-electron chi connectivity index (χ4n) is 1.67. The number of benzene rings is 1. The lowest BCUT2D eigenvalue weighted by Gasteiger charge is -2.15. The molecule has 2 N–H and O–H groups in total. The maximum Gasteiger partial charge on any atom is 0.303 e. The third-order valence-electron chi connectivity index (χ3n) is 2.58. The molecular weight excluding hydrogens is 291 g/mol. The van der Waals surface area contributed by atoms with E-state index in [9.17, 15) is 9.90 Å². The molecule has 0 heterocycles. The van der Waals surface area contributed by atoms with Crippen molar-refractivity contribution in [2.45, 2.75) is 32.3 Å². The van der Waals surface area contributed by atoms with Crippen LogP contribution in [0.1, 0.15) is 37.9 Å². The van der Waals surface area contributed by atoms with Gasteiger partial charge in [-0.3, -0.25) is 4.79 Å². The Morgan fingerprint density at radius 2 is 2.05 bits per heavy atom. The zero-order valence-electron chi connectivity index (χ0n) is 10.5. The van der Waals surface area contributed by atoms with Crippen LogP contribution in [0.25, 0.3) is 0 Å². The summed E-state index contributed by atoms with van der Waals surface area (Å²) in [4.78, 5) is 10.4. The van der Waals surface area contributed by atoms with E-state index in [0.717, 1.165) is 0 Å². The molecule has 1 aromatic carbocycles. The summed E-state index contributed by atoms with van der Waals surface area (Å²) in [6.45, 7) is 2.30. The molecule has 106 valence electrons. The van der Waals surface area contributed by atoms with Crippen molar-refractivity contribution in [3.8, 4) is 5.75 Å². The fourth-order valence-corrected chi connectivity index (χ4v) is 2.17. The normalized spacial score (nSPS) is 12.2. The van der Waals surface area contributed by atoms with Gasteiger partial charge in [0.05, 0.1) is 22.8 Å². The number of carboxylic acids is 1. The number of aliphatic hydroxyl groups is 1. The lowest BCUT2D eigenvalue weighted by atomic mass is 10.0. The number of aliphatic carboxylic acids is 1. The number of ether oxygens (including phenoxy) is 1. The highest BCUT2D eigenvalue weighted by molar-refractivity contribution is 6.34. The Morgan fingerprint density at radius 1 is 1.37 bits per heavy atom. The van der Waals surface area contributed by atoms with Crippen LogP contribution in [0.5, 0.6) is 5.75 Å². The van der Waals surface area contributed by atoms with Crippen molar-refractivity contribution < 1.29 is 19.7 Å². The standard InChI is InChI=1S/C13H16Cl2O4/c1-2-19-12-7-9(14)8(6-10(12)15)11(16)4-3-5-13(17)18/h6-7,11,16H,2-5H2,1H3,(H,17,18). The molecule has 0 spiro atoms. The summed E-state index contributed by atoms with van der Waals surface area (Å²) >= 11 is 12.1. The third kappa shape index (κ3) is 4.90. The first-order chi connectivity index (χ1) is 8.95. The minimum atomic E-state index is -0.886. The van der Waals surface area contributed by atoms with E-state index >= 15 is 0 Å². The van der Waals surface area contributed by atoms with Crippen molar-refractivity contribution in [3.63, 3.8) is 0 Å². The van der Waals surface area contributed by atoms with E-state index in [1.807, 2.05) is 6.92 Å². The second-order valence-electron chi connectivity index (χ2n) is 4.04. The zero-order chi connectivity index (χ0) is 14.4. The molecule has 0 aliphatic heterocycles. The topological polar surface area (TPSA) is 66.8 Å². The highest BCUT2D eigenvalue weighted by Gasteiger charge is 2.15. The third-order valence-corrected chi connectivity index (χ3v) is 3.20. The van der Waals surface area contributed by atoms with Crippen LogP contribution in [0.15, 0.2) is 12.1 Å². The molecule has 0 aliphatic rings. The average Bonchev–Trinajstić information content (AvgIpc) is 2.33. The summed E-state index contributed by atoms with van der Waals surface area (Å²) in [6, 6.07) is 3.11. The predicted molar refractivity (Wildman–Crippen MR) is 74.1 cm³/mol. The molecule has 0 saturated carbocycles. The minimum Gasteiger partial charge on any atom is -0.492 e. The van der Waals surface area contributed by atoms with Gasteiger partial charge in [-0.2, -0.15) is 0 Å². The Hall–Kier alpha value is -0.970. The highest BCUT2D eigenvalue weighted by atomic mass is 35.5. The monoisotopic (exact) mass is 306 g/mol. The number of halogens is 2. The molecule has 0 bridgehead atoms. The van der Waals surface area contributed by atoms with Crippen LogP contribution in [-0.2, 0) is 4.79 Å². The summed E-state index contributed by atoms with van der Waals surface area (Å²) in [5, 5.41) is 19.3. The predicted octanol–water partition coefficient (Wildman–Crippen LogP) is 3.68. The maximum atomic E-state index is 10.4. The van der Waals surface area contributed by atoms with Gasteiger partial charge in [-0.05, 0) is 25.8 Å². The van der Waals surface area contributed by atoms with Crippen molar-refractivity contribution in [2.75, 3.05) is 6.61 Å². The highest BCUT2D eigenvalue weighted by Crippen LogP contribution is 2.35. The molecule has 0 aromatic heterocycles. The first-order valence-electron chi connectivity index (χ1n) is 5.97. The summed E-state index contributed by atoms with van der Waals surface area (Å²) in [6.07, 6.45) is -0.131. The van der Waals surface area contributed by atoms with E-state index in [4.69, 9.17) is 33.0 Å². The Kier molecular flexibility index (Phi) is 6.42. The van der Waals surface area contributed by atoms with Crippen LogP contribution >= 0.6 is 23.2 Å². The number of carboxylic acid groups (broad SMARTS) is 1.